The SMILES string of the molecule is OC1(CCSCc2ccc(Cl)o2)CCC1. The molecule has 0 unspecified atom stereocenters. The third kappa shape index (κ3) is 3.16. The van der Waals surface area contributed by atoms with Gasteiger partial charge in [-0.1, -0.05) is 0 Å². The highest BCUT2D eigenvalue weighted by Crippen LogP contribution is 2.35. The van der Waals surface area contributed by atoms with E-state index in [1.165, 1.54) is 6.42 Å². The quantitative estimate of drug-likeness (QED) is 0.808. The molecule has 1 aromatic rings. The highest BCUT2D eigenvalue weighted by atomic mass is 35.5. The summed E-state index contributed by atoms with van der Waals surface area (Å²) in [6.45, 7) is 0. The lowest BCUT2D eigenvalue weighted by Crippen LogP contribution is -2.37. The predicted molar refractivity (Wildman–Crippen MR) is 63.3 cm³/mol. The summed E-state index contributed by atoms with van der Waals surface area (Å²) >= 11 is 7.44. The van der Waals surface area contributed by atoms with Crippen LogP contribution in [0.5, 0.6) is 0 Å². The van der Waals surface area contributed by atoms with Crippen LogP contribution in [-0.2, 0) is 5.75 Å². The molecule has 4 heteroatoms. The molecule has 2 rings (SSSR count). The highest BCUT2D eigenvalue weighted by Gasteiger charge is 2.33. The third-order valence-electron chi connectivity index (χ3n) is 2.87. The number of rotatable bonds is 5. The van der Waals surface area contributed by atoms with Gasteiger partial charge < -0.3 is 9.52 Å². The molecule has 0 amide bonds. The minimum atomic E-state index is -0.353. The van der Waals surface area contributed by atoms with Crippen LogP contribution in [0.1, 0.15) is 31.4 Å². The normalized spacial score (nSPS) is 18.8. The molecule has 0 saturated heterocycles. The Bertz CT molecular complexity index is 320. The maximum atomic E-state index is 9.85. The first-order chi connectivity index (χ1) is 7.18. The molecule has 0 atom stereocenters. The molecule has 1 aromatic heterocycles. The summed E-state index contributed by atoms with van der Waals surface area (Å²) in [5, 5.41) is 10.3. The number of aliphatic hydroxyl groups is 1. The molecule has 0 aliphatic heterocycles. The second kappa shape index (κ2) is 4.81. The third-order valence-corrected chi connectivity index (χ3v) is 4.05. The van der Waals surface area contributed by atoms with E-state index in [9.17, 15) is 5.11 Å². The molecule has 1 aliphatic carbocycles. The number of hydrogen-bond donors (Lipinski definition) is 1. The van der Waals surface area contributed by atoms with Gasteiger partial charge in [-0.05, 0) is 55.2 Å². The van der Waals surface area contributed by atoms with Crippen molar-refractivity contribution in [3.05, 3.63) is 23.1 Å². The van der Waals surface area contributed by atoms with E-state index in [0.29, 0.717) is 5.22 Å². The van der Waals surface area contributed by atoms with Gasteiger partial charge in [0.15, 0.2) is 5.22 Å². The van der Waals surface area contributed by atoms with Crippen molar-refractivity contribution >= 4 is 23.4 Å². The Kier molecular flexibility index (Phi) is 3.65. The maximum Gasteiger partial charge on any atom is 0.193 e. The zero-order valence-corrected chi connectivity index (χ0v) is 10.1. The smallest absolute Gasteiger partial charge is 0.193 e. The van der Waals surface area contributed by atoms with Gasteiger partial charge in [-0.3, -0.25) is 0 Å². The molecule has 1 N–H and O–H groups in total. The minimum Gasteiger partial charge on any atom is -0.449 e. The van der Waals surface area contributed by atoms with Crippen molar-refractivity contribution in [1.82, 2.24) is 0 Å². The summed E-state index contributed by atoms with van der Waals surface area (Å²) in [4.78, 5) is 0. The summed E-state index contributed by atoms with van der Waals surface area (Å²) in [7, 11) is 0. The predicted octanol–water partition coefficient (Wildman–Crippen LogP) is 3.47. The summed E-state index contributed by atoms with van der Waals surface area (Å²) in [6.07, 6.45) is 4.02. The second-order valence-electron chi connectivity index (χ2n) is 4.09. The van der Waals surface area contributed by atoms with Crippen molar-refractivity contribution in [3.8, 4) is 0 Å². The van der Waals surface area contributed by atoms with Crippen LogP contribution >= 0.6 is 23.4 Å². The minimum absolute atomic E-state index is 0.353. The molecule has 1 fully saturated rings. The van der Waals surface area contributed by atoms with Crippen molar-refractivity contribution in [2.24, 2.45) is 0 Å². The van der Waals surface area contributed by atoms with Crippen LogP contribution in [-0.4, -0.2) is 16.5 Å². The largest absolute Gasteiger partial charge is 0.449 e. The van der Waals surface area contributed by atoms with Gasteiger partial charge in [-0.25, -0.2) is 0 Å². The van der Waals surface area contributed by atoms with Gasteiger partial charge in [-0.2, -0.15) is 11.8 Å². The van der Waals surface area contributed by atoms with E-state index in [2.05, 4.69) is 0 Å². The van der Waals surface area contributed by atoms with E-state index >= 15 is 0 Å². The zero-order valence-electron chi connectivity index (χ0n) is 8.54. The van der Waals surface area contributed by atoms with Crippen molar-refractivity contribution < 1.29 is 9.52 Å². The molecule has 1 heterocycles. The van der Waals surface area contributed by atoms with E-state index in [1.807, 2.05) is 6.07 Å². The summed E-state index contributed by atoms with van der Waals surface area (Å²) in [6, 6.07) is 3.66. The molecule has 1 aliphatic rings. The lowest BCUT2D eigenvalue weighted by molar-refractivity contribution is -0.0349. The van der Waals surface area contributed by atoms with Crippen LogP contribution in [0.2, 0.25) is 5.22 Å². The summed E-state index contributed by atoms with van der Waals surface area (Å²) < 4.78 is 5.24. The fourth-order valence-electron chi connectivity index (χ4n) is 1.70. The molecule has 1 saturated carbocycles. The van der Waals surface area contributed by atoms with Gasteiger partial charge in [0.05, 0.1) is 11.4 Å². The van der Waals surface area contributed by atoms with Crippen molar-refractivity contribution in [2.75, 3.05) is 5.75 Å². The van der Waals surface area contributed by atoms with Gasteiger partial charge >= 0.3 is 0 Å². The number of hydrogen-bond acceptors (Lipinski definition) is 3. The Morgan fingerprint density at radius 3 is 2.80 bits per heavy atom. The van der Waals surface area contributed by atoms with E-state index in [4.69, 9.17) is 16.0 Å². The molecule has 0 spiro atoms. The summed E-state index contributed by atoms with van der Waals surface area (Å²) in [5.41, 5.74) is -0.353. The fourth-order valence-corrected chi connectivity index (χ4v) is 2.89. The van der Waals surface area contributed by atoms with Crippen LogP contribution < -0.4 is 0 Å². The van der Waals surface area contributed by atoms with E-state index in [1.54, 1.807) is 17.8 Å². The highest BCUT2D eigenvalue weighted by molar-refractivity contribution is 7.98. The van der Waals surface area contributed by atoms with Gasteiger partial charge in [0, 0.05) is 0 Å². The molecule has 2 nitrogen and oxygen atoms in total. The molecule has 0 bridgehead atoms. The number of furan rings is 1. The lowest BCUT2D eigenvalue weighted by atomic mass is 9.78. The fraction of sp³-hybridized carbons (Fsp3) is 0.636. The Labute approximate surface area is 99.0 Å². The number of thioether (sulfide) groups is 1. The van der Waals surface area contributed by atoms with Crippen LogP contribution in [0.25, 0.3) is 0 Å². The van der Waals surface area contributed by atoms with E-state index < -0.39 is 0 Å². The standard InChI is InChI=1S/C11H15ClO2S/c12-10-3-2-9(14-10)8-15-7-6-11(13)4-1-5-11/h2-3,13H,1,4-8H2. The van der Waals surface area contributed by atoms with Crippen molar-refractivity contribution in [2.45, 2.75) is 37.0 Å². The van der Waals surface area contributed by atoms with Crippen molar-refractivity contribution in [1.29, 1.82) is 0 Å². The molecule has 84 valence electrons. The van der Waals surface area contributed by atoms with Gasteiger partial charge in [0.2, 0.25) is 0 Å². The Morgan fingerprint density at radius 2 is 2.27 bits per heavy atom. The van der Waals surface area contributed by atoms with Gasteiger partial charge in [0.25, 0.3) is 0 Å². The average Bonchev–Trinajstić information content (AvgIpc) is 2.56. The molecule has 0 radical (unpaired) electrons. The van der Waals surface area contributed by atoms with Crippen molar-refractivity contribution in [3.63, 3.8) is 0 Å². The van der Waals surface area contributed by atoms with Crippen LogP contribution in [0.15, 0.2) is 16.5 Å². The van der Waals surface area contributed by atoms with E-state index in [-0.39, 0.29) is 5.60 Å². The Morgan fingerprint density at radius 1 is 1.47 bits per heavy atom. The van der Waals surface area contributed by atoms with Crippen LogP contribution in [0.4, 0.5) is 0 Å². The first-order valence-electron chi connectivity index (χ1n) is 5.22. The Hall–Kier alpha value is -0.120. The summed E-state index contributed by atoms with van der Waals surface area (Å²) in [5.74, 6) is 2.73. The first kappa shape index (κ1) is 11.4. The first-order valence-corrected chi connectivity index (χ1v) is 6.76. The molecule has 15 heavy (non-hydrogen) atoms. The molecular weight excluding hydrogens is 232 g/mol. The Balaban J connectivity index is 1.63. The second-order valence-corrected chi connectivity index (χ2v) is 5.56. The monoisotopic (exact) mass is 246 g/mol. The molecule has 0 aromatic carbocycles. The lowest BCUT2D eigenvalue weighted by Gasteiger charge is -2.36. The number of halogens is 1. The van der Waals surface area contributed by atoms with Crippen LogP contribution in [0, 0.1) is 0 Å². The van der Waals surface area contributed by atoms with Crippen LogP contribution in [0.3, 0.4) is 0 Å². The zero-order chi connectivity index (χ0) is 10.7. The van der Waals surface area contributed by atoms with E-state index in [0.717, 1.165) is 36.5 Å². The maximum absolute atomic E-state index is 9.85. The van der Waals surface area contributed by atoms with Gasteiger partial charge in [-0.15, -0.1) is 0 Å². The topological polar surface area (TPSA) is 33.4 Å². The average molecular weight is 247 g/mol. The van der Waals surface area contributed by atoms with Gasteiger partial charge in [0.1, 0.15) is 5.76 Å². The molecular formula is C11H15ClO2S.